The second kappa shape index (κ2) is 8.51. The largest absolute Gasteiger partial charge is 0.469 e. The molecule has 2 fully saturated rings. The molecule has 0 spiro atoms. The van der Waals surface area contributed by atoms with Crippen molar-refractivity contribution in [2.24, 2.45) is 18.0 Å². The van der Waals surface area contributed by atoms with E-state index in [1.54, 1.807) is 0 Å². The molecule has 2 heterocycles. The molecule has 2 aliphatic rings. The Kier molecular flexibility index (Phi) is 6.11. The van der Waals surface area contributed by atoms with Crippen molar-refractivity contribution in [3.8, 4) is 0 Å². The average Bonchev–Trinajstić information content (AvgIpc) is 3.29. The van der Waals surface area contributed by atoms with Gasteiger partial charge in [0.05, 0.1) is 13.0 Å². The number of piperidine rings is 1. The summed E-state index contributed by atoms with van der Waals surface area (Å²) in [5.74, 6) is 2.59. The molecule has 0 unspecified atom stereocenters. The van der Waals surface area contributed by atoms with Crippen molar-refractivity contribution in [2.75, 3.05) is 20.2 Å². The van der Waals surface area contributed by atoms with Crippen LogP contribution in [0.1, 0.15) is 50.2 Å². The smallest absolute Gasteiger partial charge is 0.308 e. The summed E-state index contributed by atoms with van der Waals surface area (Å²) in [6.07, 6.45) is 6.55. The number of likely N-dealkylation sites (tertiary alicyclic amines) is 1. The van der Waals surface area contributed by atoms with E-state index < -0.39 is 0 Å². The summed E-state index contributed by atoms with van der Waals surface area (Å²) in [5, 5.41) is 12.0. The maximum Gasteiger partial charge on any atom is 0.308 e. The van der Waals surface area contributed by atoms with Gasteiger partial charge >= 0.3 is 5.97 Å². The Bertz CT molecular complexity index is 642. The van der Waals surface area contributed by atoms with Crippen LogP contribution in [0.15, 0.2) is 4.99 Å². The lowest BCUT2D eigenvalue weighted by Gasteiger charge is -2.34. The van der Waals surface area contributed by atoms with E-state index in [0.717, 1.165) is 43.5 Å². The number of hydrogen-bond donors (Lipinski definition) is 1. The molecule has 1 saturated heterocycles. The van der Waals surface area contributed by atoms with Crippen LogP contribution in [0.5, 0.6) is 0 Å². The standard InChI is InChI=1S/C18H30N6O2/c1-13-21-22-16(23(13)2)12-19-18(20-15-6-4-5-7-15)24-10-8-14(9-11-24)17(25)26-3/h14-15H,4-12H2,1-3H3,(H,19,20). The number of rotatable bonds is 4. The van der Waals surface area contributed by atoms with Crippen molar-refractivity contribution >= 4 is 11.9 Å². The Balaban J connectivity index is 1.68. The first-order valence-corrected chi connectivity index (χ1v) is 9.57. The predicted molar refractivity (Wildman–Crippen MR) is 98.6 cm³/mol. The van der Waals surface area contributed by atoms with Crippen LogP contribution in [-0.4, -0.2) is 57.8 Å². The molecule has 1 aliphatic heterocycles. The Labute approximate surface area is 155 Å². The van der Waals surface area contributed by atoms with Crippen LogP contribution >= 0.6 is 0 Å². The lowest BCUT2D eigenvalue weighted by Crippen LogP contribution is -2.49. The van der Waals surface area contributed by atoms with E-state index in [0.29, 0.717) is 12.6 Å². The summed E-state index contributed by atoms with van der Waals surface area (Å²) in [7, 11) is 3.43. The molecule has 1 saturated carbocycles. The van der Waals surface area contributed by atoms with E-state index in [2.05, 4.69) is 20.4 Å². The van der Waals surface area contributed by atoms with Gasteiger partial charge in [-0.25, -0.2) is 4.99 Å². The van der Waals surface area contributed by atoms with Gasteiger partial charge in [-0.15, -0.1) is 10.2 Å². The SMILES string of the molecule is COC(=O)C1CCN(C(=NCc2nnc(C)n2C)NC2CCCC2)CC1. The summed E-state index contributed by atoms with van der Waals surface area (Å²) in [4.78, 5) is 18.9. The highest BCUT2D eigenvalue weighted by Gasteiger charge is 2.28. The molecule has 8 nitrogen and oxygen atoms in total. The lowest BCUT2D eigenvalue weighted by atomic mass is 9.97. The van der Waals surface area contributed by atoms with Crippen LogP contribution in [0.2, 0.25) is 0 Å². The van der Waals surface area contributed by atoms with Gasteiger partial charge in [-0.2, -0.15) is 0 Å². The third-order valence-electron chi connectivity index (χ3n) is 5.57. The maximum absolute atomic E-state index is 11.8. The highest BCUT2D eigenvalue weighted by atomic mass is 16.5. The number of hydrogen-bond acceptors (Lipinski definition) is 5. The molecule has 144 valence electrons. The van der Waals surface area contributed by atoms with Gasteiger partial charge in [0.1, 0.15) is 12.4 Å². The number of nitrogens with one attached hydrogen (secondary N) is 1. The van der Waals surface area contributed by atoms with Crippen LogP contribution in [-0.2, 0) is 23.1 Å². The van der Waals surface area contributed by atoms with Crippen molar-refractivity contribution in [3.05, 3.63) is 11.6 Å². The Morgan fingerprint density at radius 2 is 1.92 bits per heavy atom. The lowest BCUT2D eigenvalue weighted by molar-refractivity contribution is -0.146. The zero-order valence-corrected chi connectivity index (χ0v) is 16.1. The van der Waals surface area contributed by atoms with Crippen LogP contribution in [0.25, 0.3) is 0 Å². The molecule has 0 aromatic carbocycles. The van der Waals surface area contributed by atoms with Crippen molar-refractivity contribution in [2.45, 2.75) is 58.0 Å². The second-order valence-corrected chi connectivity index (χ2v) is 7.27. The Morgan fingerprint density at radius 3 is 2.50 bits per heavy atom. The molecule has 8 heteroatoms. The first-order chi connectivity index (χ1) is 12.6. The van der Waals surface area contributed by atoms with Gasteiger partial charge in [0, 0.05) is 26.2 Å². The number of ether oxygens (including phenoxy) is 1. The monoisotopic (exact) mass is 362 g/mol. The number of aliphatic imine (C=N–C) groups is 1. The van der Waals surface area contributed by atoms with Gasteiger partial charge < -0.3 is 19.5 Å². The fraction of sp³-hybridized carbons (Fsp3) is 0.778. The number of aromatic nitrogens is 3. The predicted octanol–water partition coefficient (Wildman–Crippen LogP) is 1.40. The van der Waals surface area contributed by atoms with Crippen LogP contribution in [0.3, 0.4) is 0 Å². The molecular weight excluding hydrogens is 332 g/mol. The van der Waals surface area contributed by atoms with E-state index in [4.69, 9.17) is 9.73 Å². The molecular formula is C18H30N6O2. The normalized spacial score (nSPS) is 19.8. The number of aryl methyl sites for hydroxylation is 1. The molecule has 1 aliphatic carbocycles. The number of methoxy groups -OCH3 is 1. The van der Waals surface area contributed by atoms with Gasteiger partial charge in [-0.1, -0.05) is 12.8 Å². The van der Waals surface area contributed by atoms with Gasteiger partial charge in [-0.05, 0) is 32.6 Å². The summed E-state index contributed by atoms with van der Waals surface area (Å²) in [6.45, 7) is 4.07. The van der Waals surface area contributed by atoms with Crippen LogP contribution in [0.4, 0.5) is 0 Å². The zero-order valence-electron chi connectivity index (χ0n) is 16.1. The van der Waals surface area contributed by atoms with Gasteiger partial charge in [-0.3, -0.25) is 4.79 Å². The van der Waals surface area contributed by atoms with E-state index in [-0.39, 0.29) is 11.9 Å². The molecule has 1 aromatic heterocycles. The topological polar surface area (TPSA) is 84.6 Å². The molecule has 3 rings (SSSR count). The Hall–Kier alpha value is -2.12. The molecule has 0 radical (unpaired) electrons. The van der Waals surface area contributed by atoms with Gasteiger partial charge in [0.15, 0.2) is 11.8 Å². The molecule has 0 atom stereocenters. The number of carbonyl (C=O) groups excluding carboxylic acids is 1. The number of carbonyl (C=O) groups is 1. The number of nitrogens with zero attached hydrogens (tertiary/aromatic N) is 5. The summed E-state index contributed by atoms with van der Waals surface area (Å²) in [6, 6.07) is 0.494. The second-order valence-electron chi connectivity index (χ2n) is 7.27. The third-order valence-corrected chi connectivity index (χ3v) is 5.57. The van der Waals surface area contributed by atoms with Crippen molar-refractivity contribution in [1.82, 2.24) is 25.0 Å². The van der Waals surface area contributed by atoms with E-state index in [9.17, 15) is 4.79 Å². The Morgan fingerprint density at radius 1 is 1.23 bits per heavy atom. The zero-order chi connectivity index (χ0) is 18.5. The van der Waals surface area contributed by atoms with E-state index in [1.165, 1.54) is 32.8 Å². The van der Waals surface area contributed by atoms with Crippen molar-refractivity contribution in [1.29, 1.82) is 0 Å². The fourth-order valence-electron chi connectivity index (χ4n) is 3.72. The minimum Gasteiger partial charge on any atom is -0.469 e. The first-order valence-electron chi connectivity index (χ1n) is 9.57. The van der Waals surface area contributed by atoms with Crippen molar-refractivity contribution < 1.29 is 9.53 Å². The highest BCUT2D eigenvalue weighted by molar-refractivity contribution is 5.81. The van der Waals surface area contributed by atoms with E-state index in [1.807, 2.05) is 18.5 Å². The molecule has 1 aromatic rings. The van der Waals surface area contributed by atoms with Gasteiger partial charge in [0.2, 0.25) is 0 Å². The average molecular weight is 362 g/mol. The summed E-state index contributed by atoms with van der Waals surface area (Å²) < 4.78 is 6.86. The minimum atomic E-state index is -0.0959. The molecule has 0 amide bonds. The van der Waals surface area contributed by atoms with E-state index >= 15 is 0 Å². The first kappa shape index (κ1) is 18.7. The molecule has 1 N–H and O–H groups in total. The van der Waals surface area contributed by atoms with Crippen LogP contribution in [0, 0.1) is 12.8 Å². The summed E-state index contributed by atoms with van der Waals surface area (Å²) in [5.41, 5.74) is 0. The third kappa shape index (κ3) is 4.34. The minimum absolute atomic E-state index is 0.00497. The summed E-state index contributed by atoms with van der Waals surface area (Å²) >= 11 is 0. The fourth-order valence-corrected chi connectivity index (χ4v) is 3.72. The number of esters is 1. The van der Waals surface area contributed by atoms with Crippen LogP contribution < -0.4 is 5.32 Å². The van der Waals surface area contributed by atoms with Gasteiger partial charge in [0.25, 0.3) is 0 Å². The van der Waals surface area contributed by atoms with Crippen molar-refractivity contribution in [3.63, 3.8) is 0 Å². The molecule has 26 heavy (non-hydrogen) atoms. The quantitative estimate of drug-likeness (QED) is 0.495. The highest BCUT2D eigenvalue weighted by Crippen LogP contribution is 2.21. The maximum atomic E-state index is 11.8. The molecule has 0 bridgehead atoms. The number of guanidine groups is 1.